The van der Waals surface area contributed by atoms with Gasteiger partial charge in [-0.2, -0.15) is 0 Å². The summed E-state index contributed by atoms with van der Waals surface area (Å²) in [5.41, 5.74) is 3.46. The summed E-state index contributed by atoms with van der Waals surface area (Å²) in [7, 11) is 0. The molecule has 4 rings (SSSR count). The Hall–Kier alpha value is -3.52. The van der Waals surface area contributed by atoms with Crippen molar-refractivity contribution in [1.29, 1.82) is 0 Å². The van der Waals surface area contributed by atoms with Gasteiger partial charge in [0.15, 0.2) is 5.16 Å². The van der Waals surface area contributed by atoms with E-state index in [9.17, 15) is 4.79 Å². The number of carbonyl (C=O) groups excluding carboxylic acids is 1. The number of nitrogens with one attached hydrogen (secondary N) is 1. The van der Waals surface area contributed by atoms with E-state index in [2.05, 4.69) is 25.5 Å². The second-order valence-corrected chi connectivity index (χ2v) is 7.10. The molecule has 0 fully saturated rings. The van der Waals surface area contributed by atoms with Crippen LogP contribution in [0.5, 0.6) is 0 Å². The fourth-order valence-corrected chi connectivity index (χ4v) is 3.32. The molecule has 0 aliphatic carbocycles. The topological polar surface area (TPSA) is 93.8 Å². The first-order valence-corrected chi connectivity index (χ1v) is 9.88. The first-order chi connectivity index (χ1) is 14.2. The minimum absolute atomic E-state index is 0.0598. The van der Waals surface area contributed by atoms with E-state index in [4.69, 9.17) is 4.42 Å². The molecule has 1 amide bonds. The Morgan fingerprint density at radius 3 is 2.38 bits per heavy atom. The molecule has 1 N–H and O–H groups in total. The Morgan fingerprint density at radius 2 is 1.66 bits per heavy atom. The highest BCUT2D eigenvalue weighted by molar-refractivity contribution is 7.99. The summed E-state index contributed by atoms with van der Waals surface area (Å²) in [4.78, 5) is 21.2. The number of hydrogen-bond acceptors (Lipinski definition) is 7. The lowest BCUT2D eigenvalue weighted by atomic mass is 10.1. The zero-order valence-electron chi connectivity index (χ0n) is 15.6. The lowest BCUT2D eigenvalue weighted by Gasteiger charge is -2.06. The van der Waals surface area contributed by atoms with Gasteiger partial charge in [-0.25, -0.2) is 9.97 Å². The van der Waals surface area contributed by atoms with Crippen LogP contribution < -0.4 is 5.32 Å². The number of aromatic nitrogens is 4. The van der Waals surface area contributed by atoms with Crippen LogP contribution in [0.3, 0.4) is 0 Å². The fraction of sp³-hybridized carbons (Fsp3) is 0.0952. The summed E-state index contributed by atoms with van der Waals surface area (Å²) in [5.74, 6) is 0.202. The third kappa shape index (κ3) is 4.85. The minimum Gasteiger partial charge on any atom is -0.403 e. The monoisotopic (exact) mass is 403 g/mol. The average Bonchev–Trinajstić information content (AvgIpc) is 3.22. The second kappa shape index (κ2) is 8.66. The molecule has 0 bridgehead atoms. The second-order valence-electron chi connectivity index (χ2n) is 6.16. The minimum atomic E-state index is -0.273. The lowest BCUT2D eigenvalue weighted by molar-refractivity contribution is -0.113. The number of nitrogens with zero attached hydrogens (tertiary/aromatic N) is 4. The van der Waals surface area contributed by atoms with Gasteiger partial charge < -0.3 is 4.42 Å². The molecule has 2 aromatic heterocycles. The highest BCUT2D eigenvalue weighted by atomic mass is 32.2. The number of aryl methyl sites for hydroxylation is 1. The maximum Gasteiger partial charge on any atom is 0.322 e. The van der Waals surface area contributed by atoms with Gasteiger partial charge in [0.25, 0.3) is 0 Å². The summed E-state index contributed by atoms with van der Waals surface area (Å²) >= 11 is 1.25. The van der Waals surface area contributed by atoms with Crippen molar-refractivity contribution < 1.29 is 9.21 Å². The summed E-state index contributed by atoms with van der Waals surface area (Å²) in [6, 6.07) is 21.2. The molecule has 0 radical (unpaired) electrons. The van der Waals surface area contributed by atoms with Crippen LogP contribution in [0.4, 0.5) is 6.01 Å². The normalized spacial score (nSPS) is 10.7. The number of anilines is 1. The van der Waals surface area contributed by atoms with E-state index in [1.807, 2.05) is 73.7 Å². The molecular formula is C21H17N5O2S. The van der Waals surface area contributed by atoms with E-state index >= 15 is 0 Å². The van der Waals surface area contributed by atoms with Crippen LogP contribution in [0.15, 0.2) is 76.3 Å². The van der Waals surface area contributed by atoms with Crippen molar-refractivity contribution >= 4 is 23.7 Å². The Bertz CT molecular complexity index is 1120. The number of hydrogen-bond donors (Lipinski definition) is 1. The van der Waals surface area contributed by atoms with Gasteiger partial charge >= 0.3 is 6.01 Å². The number of amides is 1. The van der Waals surface area contributed by atoms with Crippen LogP contribution in [-0.2, 0) is 4.79 Å². The molecule has 0 aliphatic rings. The molecule has 0 spiro atoms. The zero-order valence-corrected chi connectivity index (χ0v) is 16.4. The van der Waals surface area contributed by atoms with Crippen LogP contribution in [0.25, 0.3) is 22.7 Å². The first-order valence-electron chi connectivity index (χ1n) is 8.90. The summed E-state index contributed by atoms with van der Waals surface area (Å²) < 4.78 is 5.49. The van der Waals surface area contributed by atoms with Gasteiger partial charge in [0.2, 0.25) is 11.8 Å². The van der Waals surface area contributed by atoms with Crippen LogP contribution >= 0.6 is 11.8 Å². The molecule has 7 nitrogen and oxygen atoms in total. The predicted octanol–water partition coefficient (Wildman–Crippen LogP) is 4.23. The molecule has 0 saturated heterocycles. The third-order valence-electron chi connectivity index (χ3n) is 3.93. The standard InChI is InChI=1S/C21H17N5O2S/c1-14-12-17(15-8-4-2-5-9-15)23-21(22-14)29-13-18(27)24-20-26-25-19(28-20)16-10-6-3-7-11-16/h2-12H,13H2,1H3,(H,24,26,27). The van der Waals surface area contributed by atoms with E-state index in [1.54, 1.807) is 0 Å². The molecule has 4 aromatic rings. The zero-order chi connectivity index (χ0) is 20.1. The molecule has 0 aliphatic heterocycles. The Balaban J connectivity index is 1.39. The molecule has 0 saturated carbocycles. The molecule has 29 heavy (non-hydrogen) atoms. The maximum atomic E-state index is 12.3. The lowest BCUT2D eigenvalue weighted by Crippen LogP contribution is -2.14. The van der Waals surface area contributed by atoms with E-state index in [0.717, 1.165) is 22.5 Å². The fourth-order valence-electron chi connectivity index (χ4n) is 2.62. The van der Waals surface area contributed by atoms with Gasteiger partial charge in [-0.15, -0.1) is 5.10 Å². The molecule has 2 aromatic carbocycles. The van der Waals surface area contributed by atoms with E-state index in [0.29, 0.717) is 11.0 Å². The van der Waals surface area contributed by atoms with Crippen molar-refractivity contribution in [3.05, 3.63) is 72.4 Å². The Labute approximate surface area is 171 Å². The summed E-state index contributed by atoms with van der Waals surface area (Å²) in [6.45, 7) is 1.90. The molecule has 144 valence electrons. The SMILES string of the molecule is Cc1cc(-c2ccccc2)nc(SCC(=O)Nc2nnc(-c3ccccc3)o2)n1. The molecule has 8 heteroatoms. The quantitative estimate of drug-likeness (QED) is 0.380. The number of thioether (sulfide) groups is 1. The molecule has 0 atom stereocenters. The summed E-state index contributed by atoms with van der Waals surface area (Å²) in [5, 5.41) is 11.0. The Morgan fingerprint density at radius 1 is 0.966 bits per heavy atom. The van der Waals surface area contributed by atoms with Gasteiger partial charge in [0.1, 0.15) is 0 Å². The van der Waals surface area contributed by atoms with Crippen molar-refractivity contribution in [3.63, 3.8) is 0 Å². The van der Waals surface area contributed by atoms with Crippen molar-refractivity contribution in [2.24, 2.45) is 0 Å². The maximum absolute atomic E-state index is 12.3. The van der Waals surface area contributed by atoms with E-state index < -0.39 is 0 Å². The first kappa shape index (κ1) is 18.8. The average molecular weight is 403 g/mol. The van der Waals surface area contributed by atoms with Gasteiger partial charge in [-0.1, -0.05) is 65.4 Å². The van der Waals surface area contributed by atoms with E-state index in [-0.39, 0.29) is 17.7 Å². The van der Waals surface area contributed by atoms with Crippen molar-refractivity contribution in [2.45, 2.75) is 12.1 Å². The predicted molar refractivity (Wildman–Crippen MR) is 111 cm³/mol. The van der Waals surface area contributed by atoms with E-state index in [1.165, 1.54) is 11.8 Å². The third-order valence-corrected chi connectivity index (χ3v) is 4.78. The van der Waals surface area contributed by atoms with Crippen molar-refractivity contribution in [3.8, 4) is 22.7 Å². The highest BCUT2D eigenvalue weighted by Crippen LogP contribution is 2.22. The van der Waals surface area contributed by atoms with Crippen LogP contribution in [0.2, 0.25) is 0 Å². The largest absolute Gasteiger partial charge is 0.403 e. The number of benzene rings is 2. The van der Waals surface area contributed by atoms with Crippen LogP contribution in [0.1, 0.15) is 5.69 Å². The van der Waals surface area contributed by atoms with Crippen LogP contribution in [0, 0.1) is 6.92 Å². The summed E-state index contributed by atoms with van der Waals surface area (Å²) in [6.07, 6.45) is 0. The number of carbonyl (C=O) groups is 1. The van der Waals surface area contributed by atoms with Gasteiger partial charge in [-0.05, 0) is 25.1 Å². The van der Waals surface area contributed by atoms with Gasteiger partial charge in [0, 0.05) is 16.8 Å². The molecule has 0 unspecified atom stereocenters. The van der Waals surface area contributed by atoms with Gasteiger partial charge in [0.05, 0.1) is 11.4 Å². The number of rotatable bonds is 6. The Kier molecular flexibility index (Phi) is 5.62. The molecule has 2 heterocycles. The smallest absolute Gasteiger partial charge is 0.322 e. The highest BCUT2D eigenvalue weighted by Gasteiger charge is 2.13. The van der Waals surface area contributed by atoms with Crippen molar-refractivity contribution in [2.75, 3.05) is 11.1 Å². The molecular weight excluding hydrogens is 386 g/mol. The van der Waals surface area contributed by atoms with Gasteiger partial charge in [-0.3, -0.25) is 10.1 Å². The van der Waals surface area contributed by atoms with Crippen LogP contribution in [-0.4, -0.2) is 31.8 Å². The van der Waals surface area contributed by atoms with Crippen molar-refractivity contribution in [1.82, 2.24) is 20.2 Å².